The first kappa shape index (κ1) is 16.0. The molecular formula is C20H27NO3. The fourth-order valence-electron chi connectivity index (χ4n) is 4.95. The predicted molar refractivity (Wildman–Crippen MR) is 93.9 cm³/mol. The summed E-state index contributed by atoms with van der Waals surface area (Å²) in [5.41, 5.74) is 2.89. The third kappa shape index (κ3) is 2.27. The standard InChI is InChI=1S/C20H27NO3/c1-13-9-14-12-20(7-8-21(2)19(20)11-17(14)24-13)15-5-6-16(22-3)18(10-15)23-4/h5-6,10,12-13,17,19H,7-9,11H2,1-4H3/t13?,17-,19?,20+/m0/s1. The van der Waals surface area contributed by atoms with Crippen molar-refractivity contribution in [3.05, 3.63) is 35.4 Å². The number of methoxy groups -OCH3 is 2. The van der Waals surface area contributed by atoms with E-state index in [-0.39, 0.29) is 5.41 Å². The van der Waals surface area contributed by atoms with Crippen LogP contribution in [0.3, 0.4) is 0 Å². The lowest BCUT2D eigenvalue weighted by Crippen LogP contribution is -2.45. The van der Waals surface area contributed by atoms with Gasteiger partial charge in [-0.15, -0.1) is 0 Å². The average molecular weight is 329 g/mol. The van der Waals surface area contributed by atoms with Crippen molar-refractivity contribution in [2.24, 2.45) is 0 Å². The van der Waals surface area contributed by atoms with E-state index in [4.69, 9.17) is 14.2 Å². The van der Waals surface area contributed by atoms with Crippen molar-refractivity contribution in [2.75, 3.05) is 27.8 Å². The number of likely N-dealkylation sites (N-methyl/N-ethyl adjacent to an activating group) is 1. The molecule has 1 aromatic carbocycles. The summed E-state index contributed by atoms with van der Waals surface area (Å²) in [6.45, 7) is 3.30. The van der Waals surface area contributed by atoms with Gasteiger partial charge in [-0.05, 0) is 63.0 Å². The molecule has 2 saturated heterocycles. The lowest BCUT2D eigenvalue weighted by molar-refractivity contribution is 0.0376. The lowest BCUT2D eigenvalue weighted by atomic mass is 9.67. The Morgan fingerprint density at radius 2 is 2.00 bits per heavy atom. The van der Waals surface area contributed by atoms with Crippen LogP contribution in [-0.4, -0.2) is 51.0 Å². The highest BCUT2D eigenvalue weighted by Crippen LogP contribution is 2.51. The molecule has 2 fully saturated rings. The van der Waals surface area contributed by atoms with Gasteiger partial charge in [0.2, 0.25) is 0 Å². The largest absolute Gasteiger partial charge is 0.493 e. The first-order valence-corrected chi connectivity index (χ1v) is 8.87. The van der Waals surface area contributed by atoms with Crippen LogP contribution in [0.5, 0.6) is 11.5 Å². The molecule has 0 N–H and O–H groups in total. The highest BCUT2D eigenvalue weighted by molar-refractivity contribution is 5.49. The van der Waals surface area contributed by atoms with Crippen molar-refractivity contribution < 1.29 is 14.2 Å². The molecular weight excluding hydrogens is 302 g/mol. The molecule has 0 radical (unpaired) electrons. The number of benzene rings is 1. The zero-order valence-corrected chi connectivity index (χ0v) is 15.0. The zero-order chi connectivity index (χ0) is 16.9. The molecule has 0 spiro atoms. The highest BCUT2D eigenvalue weighted by atomic mass is 16.5. The van der Waals surface area contributed by atoms with E-state index in [2.05, 4.69) is 37.1 Å². The fourth-order valence-corrected chi connectivity index (χ4v) is 4.95. The smallest absolute Gasteiger partial charge is 0.161 e. The molecule has 0 saturated carbocycles. The Labute approximate surface area is 144 Å². The molecule has 4 nitrogen and oxygen atoms in total. The Balaban J connectivity index is 1.81. The number of hydrogen-bond donors (Lipinski definition) is 0. The Hall–Kier alpha value is -1.52. The van der Waals surface area contributed by atoms with Gasteiger partial charge in [0.05, 0.1) is 26.4 Å². The molecule has 2 aliphatic heterocycles. The number of ether oxygens (including phenoxy) is 3. The molecule has 4 atom stereocenters. The molecule has 4 rings (SSSR count). The molecule has 3 aliphatic rings. The van der Waals surface area contributed by atoms with Crippen LogP contribution < -0.4 is 9.47 Å². The predicted octanol–water partition coefficient (Wildman–Crippen LogP) is 3.15. The molecule has 0 amide bonds. The van der Waals surface area contributed by atoms with Crippen LogP contribution in [0.4, 0.5) is 0 Å². The van der Waals surface area contributed by atoms with E-state index >= 15 is 0 Å². The van der Waals surface area contributed by atoms with Crippen molar-refractivity contribution in [3.8, 4) is 11.5 Å². The topological polar surface area (TPSA) is 30.9 Å². The third-order valence-electron chi connectivity index (χ3n) is 6.14. The highest BCUT2D eigenvalue weighted by Gasteiger charge is 2.51. The first-order valence-electron chi connectivity index (χ1n) is 8.87. The number of likely N-dealkylation sites (tertiary alicyclic amines) is 1. The SMILES string of the molecule is COc1ccc([C@@]23C=C4CC(C)O[C@H]4CC2N(C)CC3)cc1OC. The van der Waals surface area contributed by atoms with Crippen LogP contribution in [0.2, 0.25) is 0 Å². The van der Waals surface area contributed by atoms with Gasteiger partial charge >= 0.3 is 0 Å². The normalized spacial score (nSPS) is 35.3. The molecule has 1 aromatic rings. The van der Waals surface area contributed by atoms with E-state index < -0.39 is 0 Å². The Morgan fingerprint density at radius 1 is 1.21 bits per heavy atom. The molecule has 24 heavy (non-hydrogen) atoms. The van der Waals surface area contributed by atoms with Crippen molar-refractivity contribution in [1.82, 2.24) is 4.90 Å². The van der Waals surface area contributed by atoms with Gasteiger partial charge in [-0.1, -0.05) is 12.1 Å². The van der Waals surface area contributed by atoms with Crippen molar-refractivity contribution in [3.63, 3.8) is 0 Å². The van der Waals surface area contributed by atoms with Gasteiger partial charge in [-0.2, -0.15) is 0 Å². The molecule has 4 heteroatoms. The van der Waals surface area contributed by atoms with E-state index in [1.54, 1.807) is 14.2 Å². The molecule has 2 heterocycles. The first-order chi connectivity index (χ1) is 11.6. The second-order valence-electron chi connectivity index (χ2n) is 7.45. The van der Waals surface area contributed by atoms with Crippen molar-refractivity contribution in [2.45, 2.75) is 49.9 Å². The van der Waals surface area contributed by atoms with E-state index in [0.29, 0.717) is 18.2 Å². The maximum absolute atomic E-state index is 6.14. The Kier molecular flexibility index (Phi) is 3.85. The quantitative estimate of drug-likeness (QED) is 0.797. The maximum Gasteiger partial charge on any atom is 0.161 e. The Bertz CT molecular complexity index is 671. The van der Waals surface area contributed by atoms with E-state index in [1.807, 2.05) is 6.07 Å². The van der Waals surface area contributed by atoms with Crippen molar-refractivity contribution in [1.29, 1.82) is 0 Å². The number of rotatable bonds is 3. The van der Waals surface area contributed by atoms with Gasteiger partial charge in [-0.3, -0.25) is 0 Å². The lowest BCUT2D eigenvalue weighted by Gasteiger charge is -2.41. The molecule has 130 valence electrons. The third-order valence-corrected chi connectivity index (χ3v) is 6.14. The van der Waals surface area contributed by atoms with Gasteiger partial charge in [0, 0.05) is 11.5 Å². The summed E-state index contributed by atoms with van der Waals surface area (Å²) in [7, 11) is 5.64. The minimum atomic E-state index is 0.0631. The van der Waals surface area contributed by atoms with Crippen LogP contribution in [0, 0.1) is 0 Å². The van der Waals surface area contributed by atoms with Gasteiger partial charge < -0.3 is 19.1 Å². The summed E-state index contributed by atoms with van der Waals surface area (Å²) in [6.07, 6.45) is 6.47. The number of fused-ring (bicyclic) bond motifs is 2. The van der Waals surface area contributed by atoms with E-state index in [0.717, 1.165) is 37.3 Å². The number of nitrogens with zero attached hydrogens (tertiary/aromatic N) is 1. The molecule has 0 aromatic heterocycles. The number of hydrogen-bond acceptors (Lipinski definition) is 4. The summed E-state index contributed by atoms with van der Waals surface area (Å²) in [6, 6.07) is 6.90. The fraction of sp³-hybridized carbons (Fsp3) is 0.600. The second-order valence-corrected chi connectivity index (χ2v) is 7.45. The molecule has 1 aliphatic carbocycles. The minimum Gasteiger partial charge on any atom is -0.493 e. The van der Waals surface area contributed by atoms with Crippen molar-refractivity contribution >= 4 is 0 Å². The Morgan fingerprint density at radius 3 is 2.75 bits per heavy atom. The van der Waals surface area contributed by atoms with Crippen LogP contribution in [0.1, 0.15) is 31.7 Å². The monoisotopic (exact) mass is 329 g/mol. The van der Waals surface area contributed by atoms with Crippen LogP contribution in [0.15, 0.2) is 29.8 Å². The van der Waals surface area contributed by atoms with E-state index in [9.17, 15) is 0 Å². The van der Waals surface area contributed by atoms with Crippen LogP contribution >= 0.6 is 0 Å². The second kappa shape index (κ2) is 5.78. The minimum absolute atomic E-state index is 0.0631. The molecule has 0 bridgehead atoms. The van der Waals surface area contributed by atoms with Gasteiger partial charge in [0.15, 0.2) is 11.5 Å². The van der Waals surface area contributed by atoms with Gasteiger partial charge in [0.1, 0.15) is 0 Å². The summed E-state index contributed by atoms with van der Waals surface area (Å²) < 4.78 is 17.1. The summed E-state index contributed by atoms with van der Waals surface area (Å²) in [4.78, 5) is 2.50. The zero-order valence-electron chi connectivity index (χ0n) is 15.0. The van der Waals surface area contributed by atoms with Gasteiger partial charge in [0.25, 0.3) is 0 Å². The van der Waals surface area contributed by atoms with E-state index in [1.165, 1.54) is 11.1 Å². The summed E-state index contributed by atoms with van der Waals surface area (Å²) >= 11 is 0. The van der Waals surface area contributed by atoms with Gasteiger partial charge in [-0.25, -0.2) is 0 Å². The summed E-state index contributed by atoms with van der Waals surface area (Å²) in [5, 5.41) is 0. The average Bonchev–Trinajstić information content (AvgIpc) is 3.11. The maximum atomic E-state index is 6.14. The van der Waals surface area contributed by atoms with Crippen LogP contribution in [-0.2, 0) is 10.2 Å². The summed E-state index contributed by atoms with van der Waals surface area (Å²) in [5.74, 6) is 1.61. The van der Waals surface area contributed by atoms with Crippen LogP contribution in [0.25, 0.3) is 0 Å². The molecule has 2 unspecified atom stereocenters.